The SMILES string of the molecule is C[Si]1(C)c2ccccc2P(=O)(c2ccccc2)c2cc(-n3c4ccccc4c4ccccc43)ccc21. The summed E-state index contributed by atoms with van der Waals surface area (Å²) >= 11 is 0. The molecule has 2 nitrogen and oxygen atoms in total. The maximum absolute atomic E-state index is 15.4. The molecule has 0 N–H and O–H groups in total. The number of aromatic nitrogens is 1. The lowest BCUT2D eigenvalue weighted by atomic mass is 10.2. The van der Waals surface area contributed by atoms with Crippen molar-refractivity contribution in [1.29, 1.82) is 0 Å². The molecule has 0 fully saturated rings. The van der Waals surface area contributed by atoms with Crippen LogP contribution in [0.2, 0.25) is 13.1 Å². The number of para-hydroxylation sites is 2. The molecule has 1 atom stereocenters. The maximum atomic E-state index is 15.4. The van der Waals surface area contributed by atoms with Crippen molar-refractivity contribution in [2.45, 2.75) is 13.1 Å². The van der Waals surface area contributed by atoms with Crippen LogP contribution < -0.4 is 26.3 Å². The van der Waals surface area contributed by atoms with Crippen LogP contribution in [-0.2, 0) is 4.57 Å². The van der Waals surface area contributed by atoms with Crippen molar-refractivity contribution in [3.8, 4) is 5.69 Å². The fourth-order valence-corrected chi connectivity index (χ4v) is 14.3. The third kappa shape index (κ3) is 2.82. The van der Waals surface area contributed by atoms with Crippen molar-refractivity contribution in [2.75, 3.05) is 0 Å². The standard InChI is InChI=1S/C32H26NOPSi/c1-36(2)31-19-11-10-18-29(31)35(34,24-12-4-3-5-13-24)30-22-23(20-21-32(30)36)33-27-16-8-6-14-25(27)26-15-7-9-17-28(26)33/h3-22H,1-2H3. The fourth-order valence-electron chi connectivity index (χ4n) is 6.12. The predicted molar refractivity (Wildman–Crippen MR) is 157 cm³/mol. The first-order valence-electron chi connectivity index (χ1n) is 12.4. The molecule has 0 amide bonds. The molecule has 1 unspecified atom stereocenters. The number of hydrogen-bond acceptors (Lipinski definition) is 1. The molecule has 174 valence electrons. The Balaban J connectivity index is 1.59. The molecule has 0 radical (unpaired) electrons. The first-order valence-corrected chi connectivity index (χ1v) is 17.1. The van der Waals surface area contributed by atoms with Gasteiger partial charge in [0.15, 0.2) is 7.14 Å². The number of hydrogen-bond donors (Lipinski definition) is 0. The zero-order valence-electron chi connectivity index (χ0n) is 20.3. The highest BCUT2D eigenvalue weighted by atomic mass is 31.2. The van der Waals surface area contributed by atoms with Crippen LogP contribution in [0.4, 0.5) is 0 Å². The van der Waals surface area contributed by atoms with Gasteiger partial charge in [-0.25, -0.2) is 0 Å². The van der Waals surface area contributed by atoms with E-state index in [0.29, 0.717) is 0 Å². The molecule has 0 saturated carbocycles. The van der Waals surface area contributed by atoms with E-state index >= 15 is 4.57 Å². The molecule has 2 heterocycles. The van der Waals surface area contributed by atoms with Crippen LogP contribution in [-0.4, -0.2) is 12.6 Å². The Bertz CT molecular complexity index is 1800. The van der Waals surface area contributed by atoms with Gasteiger partial charge >= 0.3 is 0 Å². The number of benzene rings is 5. The Labute approximate surface area is 212 Å². The van der Waals surface area contributed by atoms with E-state index in [1.54, 1.807) is 0 Å². The highest BCUT2D eigenvalue weighted by molar-refractivity contribution is 7.86. The largest absolute Gasteiger partial charge is 0.309 e. The maximum Gasteiger partial charge on any atom is 0.170 e. The van der Waals surface area contributed by atoms with Crippen molar-refractivity contribution in [3.05, 3.63) is 121 Å². The van der Waals surface area contributed by atoms with Crippen LogP contribution in [0.1, 0.15) is 0 Å². The van der Waals surface area contributed by atoms with Crippen molar-refractivity contribution >= 4 is 63.3 Å². The Morgan fingerprint density at radius 3 is 1.83 bits per heavy atom. The highest BCUT2D eigenvalue weighted by Crippen LogP contribution is 2.44. The molecule has 6 aromatic rings. The zero-order chi connectivity index (χ0) is 24.5. The van der Waals surface area contributed by atoms with Gasteiger partial charge in [-0.3, -0.25) is 0 Å². The van der Waals surface area contributed by atoms with E-state index < -0.39 is 15.2 Å². The minimum absolute atomic E-state index is 0.905. The molecular weight excluding hydrogens is 473 g/mol. The molecule has 5 aromatic carbocycles. The quantitative estimate of drug-likeness (QED) is 0.226. The first kappa shape index (κ1) is 21.6. The second-order valence-corrected chi connectivity index (χ2v) is 17.2. The molecule has 0 spiro atoms. The number of nitrogens with zero attached hydrogens (tertiary/aromatic N) is 1. The topological polar surface area (TPSA) is 22.0 Å². The molecule has 0 saturated heterocycles. The molecule has 1 aromatic heterocycles. The normalized spacial score (nSPS) is 18.2. The summed E-state index contributed by atoms with van der Waals surface area (Å²) in [5.41, 5.74) is 3.40. The second-order valence-electron chi connectivity index (χ2n) is 10.2. The van der Waals surface area contributed by atoms with Crippen molar-refractivity contribution in [2.24, 2.45) is 0 Å². The van der Waals surface area contributed by atoms with E-state index in [4.69, 9.17) is 0 Å². The summed E-state index contributed by atoms with van der Waals surface area (Å²) in [6.07, 6.45) is 0. The average Bonchev–Trinajstić information content (AvgIpc) is 3.27. The fraction of sp³-hybridized carbons (Fsp3) is 0.0625. The minimum Gasteiger partial charge on any atom is -0.309 e. The summed E-state index contributed by atoms with van der Waals surface area (Å²) in [5.74, 6) is 0. The second kappa shape index (κ2) is 7.67. The number of rotatable bonds is 2. The average molecular weight is 500 g/mol. The summed E-state index contributed by atoms with van der Waals surface area (Å²) in [7, 11) is -5.10. The van der Waals surface area contributed by atoms with Gasteiger partial charge in [-0.1, -0.05) is 110 Å². The van der Waals surface area contributed by atoms with E-state index in [1.165, 1.54) is 32.2 Å². The summed E-state index contributed by atoms with van der Waals surface area (Å²) in [6.45, 7) is 4.78. The Morgan fingerprint density at radius 1 is 0.583 bits per heavy atom. The van der Waals surface area contributed by atoms with E-state index in [9.17, 15) is 0 Å². The Morgan fingerprint density at radius 2 is 1.14 bits per heavy atom. The first-order chi connectivity index (χ1) is 17.5. The van der Waals surface area contributed by atoms with Crippen LogP contribution in [0.25, 0.3) is 27.5 Å². The lowest BCUT2D eigenvalue weighted by Gasteiger charge is -2.38. The molecule has 4 heteroatoms. The lowest BCUT2D eigenvalue weighted by Crippen LogP contribution is -2.67. The molecule has 1 aliphatic heterocycles. The van der Waals surface area contributed by atoms with Gasteiger partial charge in [0, 0.05) is 32.4 Å². The molecule has 1 aliphatic rings. The van der Waals surface area contributed by atoms with E-state index in [-0.39, 0.29) is 0 Å². The Hall–Kier alpha value is -3.65. The summed E-state index contributed by atoms with van der Waals surface area (Å²) in [4.78, 5) is 0. The summed E-state index contributed by atoms with van der Waals surface area (Å²) < 4.78 is 17.8. The molecule has 0 bridgehead atoms. The van der Waals surface area contributed by atoms with Crippen LogP contribution in [0.15, 0.2) is 121 Å². The third-order valence-corrected chi connectivity index (χ3v) is 15.0. The van der Waals surface area contributed by atoms with E-state index in [1.807, 2.05) is 36.4 Å². The number of fused-ring (bicyclic) bond motifs is 5. The minimum atomic E-state index is -3.05. The zero-order valence-corrected chi connectivity index (χ0v) is 22.2. The molecule has 7 rings (SSSR count). The van der Waals surface area contributed by atoms with Gasteiger partial charge in [0.05, 0.1) is 11.0 Å². The third-order valence-electron chi connectivity index (χ3n) is 7.87. The van der Waals surface area contributed by atoms with E-state index in [0.717, 1.165) is 21.6 Å². The van der Waals surface area contributed by atoms with Gasteiger partial charge in [0.25, 0.3) is 0 Å². The molecule has 0 aliphatic carbocycles. The van der Waals surface area contributed by atoms with Gasteiger partial charge in [-0.15, -0.1) is 0 Å². The lowest BCUT2D eigenvalue weighted by molar-refractivity contribution is 0.592. The van der Waals surface area contributed by atoms with Gasteiger partial charge in [0.1, 0.15) is 8.07 Å². The van der Waals surface area contributed by atoms with Crippen molar-refractivity contribution in [1.82, 2.24) is 4.57 Å². The van der Waals surface area contributed by atoms with Crippen molar-refractivity contribution < 1.29 is 4.57 Å². The highest BCUT2D eigenvalue weighted by Gasteiger charge is 2.45. The smallest absolute Gasteiger partial charge is 0.170 e. The van der Waals surface area contributed by atoms with Crippen molar-refractivity contribution in [3.63, 3.8) is 0 Å². The van der Waals surface area contributed by atoms with E-state index in [2.05, 4.69) is 103 Å². The molecule has 36 heavy (non-hydrogen) atoms. The monoisotopic (exact) mass is 499 g/mol. The van der Waals surface area contributed by atoms with Gasteiger partial charge in [0.2, 0.25) is 0 Å². The summed E-state index contributed by atoms with van der Waals surface area (Å²) in [6, 6.07) is 42.4. The predicted octanol–water partition coefficient (Wildman–Crippen LogP) is 5.56. The van der Waals surface area contributed by atoms with Crippen LogP contribution >= 0.6 is 7.14 Å². The molecular formula is C32H26NOPSi. The van der Waals surface area contributed by atoms with Crippen LogP contribution in [0.5, 0.6) is 0 Å². The summed E-state index contributed by atoms with van der Waals surface area (Å²) in [5, 5.41) is 7.95. The van der Waals surface area contributed by atoms with Crippen LogP contribution in [0.3, 0.4) is 0 Å². The Kier molecular flexibility index (Phi) is 4.61. The van der Waals surface area contributed by atoms with Crippen LogP contribution in [0, 0.1) is 0 Å². The van der Waals surface area contributed by atoms with Gasteiger partial charge in [-0.05, 0) is 34.6 Å². The van der Waals surface area contributed by atoms with Gasteiger partial charge < -0.3 is 9.13 Å². The van der Waals surface area contributed by atoms with Gasteiger partial charge in [-0.2, -0.15) is 0 Å².